The maximum atomic E-state index is 12.7. The van der Waals surface area contributed by atoms with E-state index >= 15 is 0 Å². The maximum absolute atomic E-state index is 12.7. The van der Waals surface area contributed by atoms with E-state index < -0.39 is 61.0 Å². The van der Waals surface area contributed by atoms with Gasteiger partial charge in [-0.15, -0.1) is 11.6 Å². The molecule has 1 heterocycles. The first kappa shape index (κ1) is 63.3. The first-order valence-electron chi connectivity index (χ1n) is 21.1. The third-order valence-corrected chi connectivity index (χ3v) is 11.4. The second kappa shape index (κ2) is 29.7. The van der Waals surface area contributed by atoms with Crippen molar-refractivity contribution in [3.63, 3.8) is 0 Å². The lowest BCUT2D eigenvalue weighted by molar-refractivity contribution is -0.146. The highest BCUT2D eigenvalue weighted by Crippen LogP contribution is 2.38. The van der Waals surface area contributed by atoms with Crippen molar-refractivity contribution < 1.29 is 80.7 Å². The number of carbonyl (C=O) groups excluding carboxylic acids is 3. The zero-order valence-corrected chi connectivity index (χ0v) is 44.0. The minimum atomic E-state index is -4.56. The Morgan fingerprint density at radius 2 is 1.61 bits per heavy atom. The number of carboxylic acid groups (broad SMARTS) is 2. The molecular weight excluding hydrogens is 1080 g/mol. The summed E-state index contributed by atoms with van der Waals surface area (Å²) >= 11 is 28.7. The molecule has 0 radical (unpaired) electrons. The number of aryl methyl sites for hydroxylation is 2. The SMILES string of the molecule is CC1COc2ccccc2N1C(=O)C(Cl)Cl.CCc1cccc(C)c1N(C(=O)CCl)C(C)COC.C[C@H](OC(=O)c1cc(Oc2ccc(C(F)(F)F)cc2Cl)ccc1Cl)C(=O)O.O=C(O)CNCP(=O)(O)O. The molecule has 3 atom stereocenters. The van der Waals surface area contributed by atoms with Crippen LogP contribution in [0.4, 0.5) is 24.5 Å². The number of hydrogen-bond acceptors (Lipinski definition) is 11. The highest BCUT2D eigenvalue weighted by molar-refractivity contribution is 7.51. The average molecular weight is 1140 g/mol. The number of carbonyl (C=O) groups is 5. The summed E-state index contributed by atoms with van der Waals surface area (Å²) in [5.41, 5.74) is 2.81. The molecule has 26 heteroatoms. The summed E-state index contributed by atoms with van der Waals surface area (Å²) in [5.74, 6) is -3.27. The van der Waals surface area contributed by atoms with Crippen LogP contribution < -0.4 is 24.6 Å². The van der Waals surface area contributed by atoms with Gasteiger partial charge in [-0.25, -0.2) is 9.59 Å². The number of fused-ring (bicyclic) bond motifs is 1. The molecule has 5 rings (SSSR count). The number of anilines is 2. The average Bonchev–Trinajstić information content (AvgIpc) is 3.30. The monoisotopic (exact) mass is 1130 g/mol. The number of nitrogens with zero attached hydrogens (tertiary/aromatic N) is 2. The van der Waals surface area contributed by atoms with E-state index in [1.165, 1.54) is 12.1 Å². The molecule has 0 aliphatic carbocycles. The standard InChI is InChI=1S/C17H11Cl2F3O5.C15H22ClNO2.C11H11Cl2NO2.C3H8NO5P/c1-8(15(23)24)26-16(25)11-7-10(3-4-12(11)18)27-14-5-2-9(6-13(14)19)17(20,21)22;1-5-13-8-6-7-11(2)15(13)17(14(18)9-16)12(3)10-19-4;1-7-6-16-9-5-3-2-4-8(9)14(7)11(15)10(12)13;5-3(6)1-4-2-10(7,8)9/h2-8H,1H3,(H,23,24);6-8,12H,5,9-10H2,1-4H3;2-5,7,10H,6H2,1H3;4H,1-2H2,(H,5,6)(H2,7,8,9)/t8-;;;/m0.../s1. The van der Waals surface area contributed by atoms with Gasteiger partial charge >= 0.3 is 31.7 Å². The lowest BCUT2D eigenvalue weighted by Crippen LogP contribution is -2.47. The second-order valence-electron chi connectivity index (χ2n) is 15.2. The Hall–Kier alpha value is -4.86. The number of amides is 2. The van der Waals surface area contributed by atoms with Crippen LogP contribution in [-0.2, 0) is 45.8 Å². The molecule has 0 bridgehead atoms. The number of aliphatic carboxylic acids is 2. The van der Waals surface area contributed by atoms with Crippen molar-refractivity contribution in [3.05, 3.63) is 111 Å². The van der Waals surface area contributed by atoms with Crippen molar-refractivity contribution in [3.8, 4) is 17.2 Å². The van der Waals surface area contributed by atoms with Gasteiger partial charge in [0.05, 0.1) is 64.1 Å². The third-order valence-electron chi connectivity index (χ3n) is 9.51. The first-order valence-corrected chi connectivity index (χ1v) is 25.1. The number of para-hydroxylation sites is 3. The molecule has 72 heavy (non-hydrogen) atoms. The van der Waals surface area contributed by atoms with Crippen molar-refractivity contribution in [2.24, 2.45) is 0 Å². The highest BCUT2D eigenvalue weighted by atomic mass is 35.5. The molecule has 2 unspecified atom stereocenters. The summed E-state index contributed by atoms with van der Waals surface area (Å²) in [6.45, 7) is 9.62. The number of hydrogen-bond donors (Lipinski definition) is 5. The highest BCUT2D eigenvalue weighted by Gasteiger charge is 2.33. The maximum Gasteiger partial charge on any atom is 0.416 e. The third kappa shape index (κ3) is 20.2. The van der Waals surface area contributed by atoms with E-state index in [9.17, 15) is 41.7 Å². The molecule has 1 aliphatic rings. The number of nitrogens with one attached hydrogen (secondary N) is 1. The van der Waals surface area contributed by atoms with E-state index in [2.05, 4.69) is 18.3 Å². The fourth-order valence-corrected chi connectivity index (χ4v) is 7.41. The normalized spacial score (nSPS) is 13.7. The van der Waals surface area contributed by atoms with Gasteiger partial charge in [0.1, 0.15) is 29.7 Å². The van der Waals surface area contributed by atoms with Crippen LogP contribution in [0.15, 0.2) is 78.9 Å². The lowest BCUT2D eigenvalue weighted by Gasteiger charge is -2.35. The van der Waals surface area contributed by atoms with E-state index in [-0.39, 0.29) is 56.9 Å². The largest absolute Gasteiger partial charge is 0.489 e. The minimum absolute atomic E-state index is 0.0223. The van der Waals surface area contributed by atoms with Crippen LogP contribution in [0.1, 0.15) is 54.7 Å². The van der Waals surface area contributed by atoms with Gasteiger partial charge in [-0.05, 0) is 93.8 Å². The van der Waals surface area contributed by atoms with E-state index in [1.54, 1.807) is 16.9 Å². The number of methoxy groups -OCH3 is 1. The van der Waals surface area contributed by atoms with Crippen molar-refractivity contribution in [2.75, 3.05) is 48.8 Å². The van der Waals surface area contributed by atoms with Crippen LogP contribution in [0, 0.1) is 6.92 Å². The Bertz CT molecular complexity index is 2540. The summed E-state index contributed by atoms with van der Waals surface area (Å²) < 4.78 is 68.9. The molecule has 17 nitrogen and oxygen atoms in total. The molecule has 4 aromatic rings. The molecule has 0 fully saturated rings. The number of benzene rings is 4. The summed E-state index contributed by atoms with van der Waals surface area (Å²) in [6, 6.07) is 19.7. The number of rotatable bonds is 16. The number of ether oxygens (including phenoxy) is 4. The Morgan fingerprint density at radius 3 is 2.15 bits per heavy atom. The quantitative estimate of drug-likeness (QED) is 0.0399. The molecular formula is C46H52Cl5F3N3O14P. The Labute approximate surface area is 438 Å². The summed E-state index contributed by atoms with van der Waals surface area (Å²) in [7, 11) is -2.46. The minimum Gasteiger partial charge on any atom is -0.489 e. The van der Waals surface area contributed by atoms with Crippen LogP contribution in [0.3, 0.4) is 0 Å². The Balaban J connectivity index is 0.000000348. The van der Waals surface area contributed by atoms with Crippen molar-refractivity contribution in [1.82, 2.24) is 5.32 Å². The van der Waals surface area contributed by atoms with Crippen LogP contribution >= 0.6 is 65.6 Å². The molecule has 0 aromatic heterocycles. The Kier molecular flexibility index (Phi) is 26.1. The number of esters is 1. The molecule has 0 spiro atoms. The van der Waals surface area contributed by atoms with Gasteiger partial charge in [0.2, 0.25) is 5.91 Å². The van der Waals surface area contributed by atoms with Crippen LogP contribution in [0.2, 0.25) is 10.0 Å². The molecule has 4 aromatic carbocycles. The van der Waals surface area contributed by atoms with Crippen molar-refractivity contribution >= 4 is 107 Å². The van der Waals surface area contributed by atoms with Crippen molar-refractivity contribution in [1.29, 1.82) is 0 Å². The smallest absolute Gasteiger partial charge is 0.416 e. The van der Waals surface area contributed by atoms with Crippen molar-refractivity contribution in [2.45, 2.75) is 70.2 Å². The van der Waals surface area contributed by atoms with E-state index in [1.807, 2.05) is 57.2 Å². The molecule has 396 valence electrons. The van der Waals surface area contributed by atoms with Gasteiger partial charge in [-0.3, -0.25) is 24.3 Å². The first-order chi connectivity index (χ1) is 33.6. The van der Waals surface area contributed by atoms with Gasteiger partial charge < -0.3 is 48.7 Å². The predicted molar refractivity (Wildman–Crippen MR) is 268 cm³/mol. The van der Waals surface area contributed by atoms with Gasteiger partial charge in [0.25, 0.3) is 5.91 Å². The summed E-state index contributed by atoms with van der Waals surface area (Å²) in [6.07, 6.45) is -5.68. The van der Waals surface area contributed by atoms with Crippen LogP contribution in [-0.4, -0.2) is 112 Å². The van der Waals surface area contributed by atoms with Gasteiger partial charge in [-0.2, -0.15) is 13.2 Å². The number of alkyl halides is 6. The predicted octanol–water partition coefficient (Wildman–Crippen LogP) is 10.00. The zero-order chi connectivity index (χ0) is 54.7. The van der Waals surface area contributed by atoms with Gasteiger partial charge in [0, 0.05) is 7.11 Å². The molecule has 2 amide bonds. The van der Waals surface area contributed by atoms with Crippen LogP contribution in [0.25, 0.3) is 0 Å². The number of halogens is 8. The van der Waals surface area contributed by atoms with E-state index in [0.29, 0.717) is 25.0 Å². The van der Waals surface area contributed by atoms with E-state index in [4.69, 9.17) is 97.0 Å². The van der Waals surface area contributed by atoms with E-state index in [0.717, 1.165) is 54.0 Å². The summed E-state index contributed by atoms with van der Waals surface area (Å²) in [5, 5.41) is 18.5. The fraction of sp³-hybridized carbons (Fsp3) is 0.370. The molecule has 0 saturated carbocycles. The lowest BCUT2D eigenvalue weighted by atomic mass is 10.0. The summed E-state index contributed by atoms with van der Waals surface area (Å²) in [4.78, 5) is 75.3. The molecule has 5 N–H and O–H groups in total. The zero-order valence-electron chi connectivity index (χ0n) is 39.3. The second-order valence-corrected chi connectivity index (χ2v) is 19.0. The topological polar surface area (TPSA) is 239 Å². The number of carboxylic acids is 2. The van der Waals surface area contributed by atoms with Crippen LogP contribution in [0.5, 0.6) is 17.2 Å². The van der Waals surface area contributed by atoms with Gasteiger partial charge in [-0.1, -0.05) is 83.7 Å². The van der Waals surface area contributed by atoms with Gasteiger partial charge in [0.15, 0.2) is 10.9 Å². The Morgan fingerprint density at radius 1 is 0.958 bits per heavy atom. The molecule has 0 saturated heterocycles. The fourth-order valence-electron chi connectivity index (χ4n) is 6.26. The molecule has 1 aliphatic heterocycles.